The van der Waals surface area contributed by atoms with Crippen LogP contribution in [0.15, 0.2) is 78.9 Å². The van der Waals surface area contributed by atoms with Crippen molar-refractivity contribution in [2.75, 3.05) is 22.1 Å². The molecule has 7 nitrogen and oxygen atoms in total. The Kier molecular flexibility index (Phi) is 5.36. The van der Waals surface area contributed by atoms with E-state index < -0.39 is 6.03 Å². The van der Waals surface area contributed by atoms with Gasteiger partial charge in [0, 0.05) is 24.2 Å². The molecule has 0 aliphatic carbocycles. The number of hydrogen-bond acceptors (Lipinski definition) is 4. The van der Waals surface area contributed by atoms with Gasteiger partial charge in [0.15, 0.2) is 0 Å². The molecule has 3 amide bonds. The summed E-state index contributed by atoms with van der Waals surface area (Å²) in [6, 6.07) is 24.4. The molecule has 1 aliphatic rings. The Morgan fingerprint density at radius 2 is 1.76 bits per heavy atom. The Hall–Kier alpha value is -4.39. The highest BCUT2D eigenvalue weighted by molar-refractivity contribution is 6.13. The molecule has 0 spiro atoms. The molecule has 0 bridgehead atoms. The molecule has 1 aliphatic heterocycles. The highest BCUT2D eigenvalue weighted by Gasteiger charge is 2.23. The van der Waals surface area contributed by atoms with Gasteiger partial charge in [-0.25, -0.2) is 9.78 Å². The van der Waals surface area contributed by atoms with Gasteiger partial charge in [-0.1, -0.05) is 54.6 Å². The van der Waals surface area contributed by atoms with E-state index in [9.17, 15) is 9.59 Å². The lowest BCUT2D eigenvalue weighted by molar-refractivity contribution is 0.102. The normalized spacial score (nSPS) is 12.4. The molecule has 0 unspecified atom stereocenters. The summed E-state index contributed by atoms with van der Waals surface area (Å²) in [5.74, 6) is 0.372. The van der Waals surface area contributed by atoms with E-state index in [2.05, 4.69) is 15.6 Å². The summed E-state index contributed by atoms with van der Waals surface area (Å²) < 4.78 is 0. The van der Waals surface area contributed by atoms with E-state index in [1.165, 1.54) is 4.90 Å². The maximum Gasteiger partial charge on any atom is 0.319 e. The molecule has 0 saturated carbocycles. The van der Waals surface area contributed by atoms with E-state index >= 15 is 0 Å². The predicted molar refractivity (Wildman–Crippen MR) is 131 cm³/mol. The zero-order valence-corrected chi connectivity index (χ0v) is 17.9. The second kappa shape index (κ2) is 8.63. The minimum absolute atomic E-state index is 0.250. The van der Waals surface area contributed by atoms with Crippen molar-refractivity contribution >= 4 is 40.0 Å². The molecule has 4 N–H and O–H groups in total. The van der Waals surface area contributed by atoms with Crippen LogP contribution < -0.4 is 21.3 Å². The molecule has 164 valence electrons. The summed E-state index contributed by atoms with van der Waals surface area (Å²) in [5, 5.41) is 7.05. The average Bonchev–Trinajstić information content (AvgIpc) is 3.26. The van der Waals surface area contributed by atoms with Gasteiger partial charge in [-0.2, -0.15) is 0 Å². The number of aromatic nitrogens is 1. The van der Waals surface area contributed by atoms with Crippen molar-refractivity contribution in [2.45, 2.75) is 13.0 Å². The predicted octanol–water partition coefficient (Wildman–Crippen LogP) is 4.54. The van der Waals surface area contributed by atoms with Crippen molar-refractivity contribution in [2.24, 2.45) is 5.73 Å². The number of nitrogens with two attached hydrogens (primary N) is 1. The van der Waals surface area contributed by atoms with Gasteiger partial charge in [-0.3, -0.25) is 9.69 Å². The number of hydrogen-bond donors (Lipinski definition) is 3. The number of para-hydroxylation sites is 1. The van der Waals surface area contributed by atoms with Gasteiger partial charge in [0.2, 0.25) is 0 Å². The molecule has 0 atom stereocenters. The second-order valence-corrected chi connectivity index (χ2v) is 7.95. The number of urea groups is 1. The summed E-state index contributed by atoms with van der Waals surface area (Å²) >= 11 is 0. The van der Waals surface area contributed by atoms with Crippen LogP contribution in [-0.4, -0.2) is 23.5 Å². The molecule has 33 heavy (non-hydrogen) atoms. The third-order valence-corrected chi connectivity index (χ3v) is 5.78. The number of rotatable bonds is 5. The first-order valence-corrected chi connectivity index (χ1v) is 10.8. The van der Waals surface area contributed by atoms with Gasteiger partial charge >= 0.3 is 6.03 Å². The molecule has 7 heteroatoms. The van der Waals surface area contributed by atoms with Gasteiger partial charge in [-0.05, 0) is 41.8 Å². The number of carbonyl (C=O) groups excluding carboxylic acids is 2. The molecular weight excluding hydrogens is 414 g/mol. The van der Waals surface area contributed by atoms with E-state index in [1.807, 2.05) is 66.7 Å². The van der Waals surface area contributed by atoms with Gasteiger partial charge < -0.3 is 16.4 Å². The van der Waals surface area contributed by atoms with Crippen molar-refractivity contribution in [3.05, 3.63) is 95.6 Å². The van der Waals surface area contributed by atoms with Gasteiger partial charge in [-0.15, -0.1) is 0 Å². The Balaban J connectivity index is 1.43. The van der Waals surface area contributed by atoms with Crippen molar-refractivity contribution in [1.29, 1.82) is 0 Å². The van der Waals surface area contributed by atoms with E-state index in [0.29, 0.717) is 30.2 Å². The van der Waals surface area contributed by atoms with Gasteiger partial charge in [0.25, 0.3) is 5.91 Å². The summed E-state index contributed by atoms with van der Waals surface area (Å²) in [6.45, 7) is 1.15. The minimum atomic E-state index is -0.494. The molecule has 5 rings (SSSR count). The highest BCUT2D eigenvalue weighted by atomic mass is 16.2. The van der Waals surface area contributed by atoms with Crippen LogP contribution in [0.25, 0.3) is 10.9 Å². The number of primary amides is 1. The van der Waals surface area contributed by atoms with Crippen LogP contribution in [0.2, 0.25) is 0 Å². The third kappa shape index (κ3) is 4.21. The number of nitrogens with zero attached hydrogens (tertiary/aromatic N) is 2. The maximum absolute atomic E-state index is 13.3. The number of carbonyl (C=O) groups is 2. The van der Waals surface area contributed by atoms with Crippen LogP contribution in [0.5, 0.6) is 0 Å². The van der Waals surface area contributed by atoms with Gasteiger partial charge in [0.05, 0.1) is 16.8 Å². The first-order valence-electron chi connectivity index (χ1n) is 10.8. The summed E-state index contributed by atoms with van der Waals surface area (Å²) in [7, 11) is 0. The largest absolute Gasteiger partial charge is 0.366 e. The van der Waals surface area contributed by atoms with Crippen LogP contribution in [0.3, 0.4) is 0 Å². The van der Waals surface area contributed by atoms with Crippen LogP contribution in [0.1, 0.15) is 21.5 Å². The van der Waals surface area contributed by atoms with Crippen molar-refractivity contribution in [3.8, 4) is 0 Å². The molecule has 3 aromatic carbocycles. The Morgan fingerprint density at radius 3 is 2.58 bits per heavy atom. The third-order valence-electron chi connectivity index (χ3n) is 5.78. The Bertz CT molecular complexity index is 1350. The molecule has 1 aromatic heterocycles. The van der Waals surface area contributed by atoms with Crippen LogP contribution >= 0.6 is 0 Å². The average molecular weight is 438 g/mol. The number of amides is 3. The number of nitrogens with one attached hydrogen (secondary N) is 2. The number of pyridine rings is 1. The molecule has 4 aromatic rings. The van der Waals surface area contributed by atoms with Crippen molar-refractivity contribution in [3.63, 3.8) is 0 Å². The summed E-state index contributed by atoms with van der Waals surface area (Å²) in [5.41, 5.74) is 10.2. The van der Waals surface area contributed by atoms with Gasteiger partial charge in [0.1, 0.15) is 5.82 Å². The summed E-state index contributed by atoms with van der Waals surface area (Å²) in [4.78, 5) is 31.2. The number of anilines is 3. The van der Waals surface area contributed by atoms with Crippen molar-refractivity contribution < 1.29 is 9.59 Å². The zero-order valence-electron chi connectivity index (χ0n) is 17.9. The first kappa shape index (κ1) is 20.5. The smallest absolute Gasteiger partial charge is 0.319 e. The lowest BCUT2D eigenvalue weighted by atomic mass is 10.1. The lowest BCUT2D eigenvalue weighted by Gasteiger charge is -2.16. The second-order valence-electron chi connectivity index (χ2n) is 7.95. The van der Waals surface area contributed by atoms with E-state index in [4.69, 9.17) is 5.73 Å². The van der Waals surface area contributed by atoms with E-state index in [1.54, 1.807) is 12.1 Å². The fraction of sp³-hybridized carbons (Fsp3) is 0.115. The quantitative estimate of drug-likeness (QED) is 0.427. The maximum atomic E-state index is 13.3. The van der Waals surface area contributed by atoms with Crippen LogP contribution in [0, 0.1) is 0 Å². The highest BCUT2D eigenvalue weighted by Crippen LogP contribution is 2.31. The van der Waals surface area contributed by atoms with E-state index in [0.717, 1.165) is 34.1 Å². The standard InChI is InChI=1S/C26H23N5O2/c27-26(33)31-13-12-18-10-11-19(14-23(18)31)29-25(32)21-15-24(28-16-17-6-2-1-3-7-17)30-22-9-5-4-8-20(21)22/h1-11,14-15H,12-13,16H2,(H2,27,33)(H,28,30)(H,29,32). The fourth-order valence-electron chi connectivity index (χ4n) is 4.13. The number of fused-ring (bicyclic) bond motifs is 2. The SMILES string of the molecule is NC(=O)N1CCc2ccc(NC(=O)c3cc(NCc4ccccc4)nc4ccccc34)cc21. The Labute approximate surface area is 191 Å². The molecule has 0 radical (unpaired) electrons. The fourth-order valence-corrected chi connectivity index (χ4v) is 4.13. The number of benzene rings is 3. The minimum Gasteiger partial charge on any atom is -0.366 e. The summed E-state index contributed by atoms with van der Waals surface area (Å²) in [6.07, 6.45) is 0.748. The van der Waals surface area contributed by atoms with Crippen LogP contribution in [-0.2, 0) is 13.0 Å². The van der Waals surface area contributed by atoms with Crippen LogP contribution in [0.4, 0.5) is 22.0 Å². The molecular formula is C26H23N5O2. The van der Waals surface area contributed by atoms with E-state index in [-0.39, 0.29) is 5.91 Å². The lowest BCUT2D eigenvalue weighted by Crippen LogP contribution is -2.34. The monoisotopic (exact) mass is 437 g/mol. The zero-order chi connectivity index (χ0) is 22.8. The molecule has 2 heterocycles. The molecule has 0 saturated heterocycles. The van der Waals surface area contributed by atoms with Crippen molar-refractivity contribution in [1.82, 2.24) is 4.98 Å². The first-order chi connectivity index (χ1) is 16.1. The Morgan fingerprint density at radius 1 is 0.970 bits per heavy atom. The molecule has 0 fully saturated rings. The topological polar surface area (TPSA) is 100 Å².